The number of hydrogen-bond acceptors (Lipinski definition) is 3. The number of thiophene rings is 1. The zero-order valence-electron chi connectivity index (χ0n) is 7.58. The standard InChI is InChI=1S/C10H9ClS3/c1-13-6-2-3-8-7(4-6)10(12)9(5-11)14-8/h2-4,12H,5H2,1H3. The maximum absolute atomic E-state index is 5.83. The first-order valence-corrected chi connectivity index (χ1v) is 7.13. The number of hydrogen-bond donors (Lipinski definition) is 1. The summed E-state index contributed by atoms with van der Waals surface area (Å²) in [4.78, 5) is 3.46. The van der Waals surface area contributed by atoms with Crippen LogP contribution >= 0.6 is 47.3 Å². The normalized spacial score (nSPS) is 11.1. The number of halogens is 1. The summed E-state index contributed by atoms with van der Waals surface area (Å²) in [6.45, 7) is 0. The number of fused-ring (bicyclic) bond motifs is 1. The molecule has 0 radical (unpaired) electrons. The first-order chi connectivity index (χ1) is 6.76. The molecule has 0 aliphatic rings. The Morgan fingerprint density at radius 1 is 1.50 bits per heavy atom. The van der Waals surface area contributed by atoms with E-state index in [0.717, 1.165) is 9.77 Å². The third kappa shape index (κ3) is 1.78. The van der Waals surface area contributed by atoms with Crippen molar-refractivity contribution in [1.82, 2.24) is 0 Å². The van der Waals surface area contributed by atoms with E-state index in [2.05, 4.69) is 37.1 Å². The molecule has 0 bridgehead atoms. The average molecular weight is 261 g/mol. The van der Waals surface area contributed by atoms with E-state index >= 15 is 0 Å². The highest BCUT2D eigenvalue weighted by molar-refractivity contribution is 7.98. The van der Waals surface area contributed by atoms with Gasteiger partial charge < -0.3 is 0 Å². The quantitative estimate of drug-likeness (QED) is 0.466. The van der Waals surface area contributed by atoms with Crippen LogP contribution in [0.4, 0.5) is 0 Å². The van der Waals surface area contributed by atoms with Crippen molar-refractivity contribution in [2.45, 2.75) is 15.7 Å². The van der Waals surface area contributed by atoms with Crippen LogP contribution in [0, 0.1) is 0 Å². The number of thiol groups is 1. The lowest BCUT2D eigenvalue weighted by atomic mass is 10.2. The predicted octanol–water partition coefficient (Wildman–Crippen LogP) is 4.65. The molecule has 1 aromatic carbocycles. The Kier molecular flexibility index (Phi) is 3.32. The zero-order chi connectivity index (χ0) is 10.1. The minimum absolute atomic E-state index is 0.548. The van der Waals surface area contributed by atoms with Crippen molar-refractivity contribution in [2.24, 2.45) is 0 Å². The fourth-order valence-corrected chi connectivity index (χ4v) is 3.57. The fourth-order valence-electron chi connectivity index (χ4n) is 1.33. The highest BCUT2D eigenvalue weighted by Crippen LogP contribution is 2.36. The molecule has 0 unspecified atom stereocenters. The van der Waals surface area contributed by atoms with Crippen molar-refractivity contribution in [3.05, 3.63) is 23.1 Å². The average Bonchev–Trinajstić information content (AvgIpc) is 2.55. The van der Waals surface area contributed by atoms with Gasteiger partial charge >= 0.3 is 0 Å². The van der Waals surface area contributed by atoms with Crippen LogP contribution in [0.1, 0.15) is 4.88 Å². The number of alkyl halides is 1. The van der Waals surface area contributed by atoms with E-state index in [9.17, 15) is 0 Å². The molecule has 0 N–H and O–H groups in total. The third-order valence-electron chi connectivity index (χ3n) is 2.06. The van der Waals surface area contributed by atoms with Gasteiger partial charge in [0.05, 0.1) is 5.88 Å². The monoisotopic (exact) mass is 260 g/mol. The summed E-state index contributed by atoms with van der Waals surface area (Å²) in [6.07, 6.45) is 2.08. The Morgan fingerprint density at radius 3 is 2.93 bits per heavy atom. The molecule has 0 aliphatic carbocycles. The highest BCUT2D eigenvalue weighted by Gasteiger charge is 2.08. The van der Waals surface area contributed by atoms with Crippen molar-refractivity contribution in [3.63, 3.8) is 0 Å². The molecule has 0 atom stereocenters. The first kappa shape index (κ1) is 10.7. The summed E-state index contributed by atoms with van der Waals surface area (Å²) < 4.78 is 1.27. The molecule has 0 spiro atoms. The van der Waals surface area contributed by atoms with E-state index in [1.54, 1.807) is 23.1 Å². The maximum atomic E-state index is 5.83. The Morgan fingerprint density at radius 2 is 2.29 bits per heavy atom. The van der Waals surface area contributed by atoms with E-state index in [4.69, 9.17) is 11.6 Å². The van der Waals surface area contributed by atoms with Gasteiger partial charge in [-0.05, 0) is 24.5 Å². The Hall–Kier alpha value is 0.170. The predicted molar refractivity (Wildman–Crippen MR) is 70.4 cm³/mol. The minimum atomic E-state index is 0.548. The Bertz CT molecular complexity index is 462. The molecule has 14 heavy (non-hydrogen) atoms. The van der Waals surface area contributed by atoms with Crippen LogP contribution in [0.3, 0.4) is 0 Å². The zero-order valence-corrected chi connectivity index (χ0v) is 10.9. The molecule has 74 valence electrons. The molecule has 0 nitrogen and oxygen atoms in total. The minimum Gasteiger partial charge on any atom is -0.142 e. The van der Waals surface area contributed by atoms with E-state index < -0.39 is 0 Å². The number of thioether (sulfide) groups is 1. The molecular formula is C10H9ClS3. The summed E-state index contributed by atoms with van der Waals surface area (Å²) in [5.41, 5.74) is 0. The van der Waals surface area contributed by atoms with E-state index in [1.807, 2.05) is 0 Å². The summed E-state index contributed by atoms with van der Waals surface area (Å²) in [7, 11) is 0. The molecule has 1 aromatic heterocycles. The van der Waals surface area contributed by atoms with Gasteiger partial charge in [0.15, 0.2) is 0 Å². The second kappa shape index (κ2) is 4.35. The summed E-state index contributed by atoms with van der Waals surface area (Å²) in [5.74, 6) is 0.548. The molecule has 0 saturated carbocycles. The topological polar surface area (TPSA) is 0 Å². The third-order valence-corrected chi connectivity index (χ3v) is 5.04. The van der Waals surface area contributed by atoms with Crippen molar-refractivity contribution >= 4 is 57.4 Å². The number of benzene rings is 1. The lowest BCUT2D eigenvalue weighted by molar-refractivity contribution is 1.40. The van der Waals surface area contributed by atoms with Crippen LogP contribution in [0.25, 0.3) is 10.1 Å². The summed E-state index contributed by atoms with van der Waals surface area (Å²) >= 11 is 13.8. The van der Waals surface area contributed by atoms with Gasteiger partial charge in [0.2, 0.25) is 0 Å². The second-order valence-electron chi connectivity index (χ2n) is 2.87. The van der Waals surface area contributed by atoms with E-state index in [-0.39, 0.29) is 0 Å². The summed E-state index contributed by atoms with van der Waals surface area (Å²) in [5, 5.41) is 1.22. The number of rotatable bonds is 2. The van der Waals surface area contributed by atoms with E-state index in [0.29, 0.717) is 5.88 Å². The smallest absolute Gasteiger partial charge is 0.0579 e. The Balaban J connectivity index is 2.68. The van der Waals surface area contributed by atoms with E-state index in [1.165, 1.54) is 15.0 Å². The van der Waals surface area contributed by atoms with Crippen molar-refractivity contribution in [2.75, 3.05) is 6.26 Å². The fraction of sp³-hybridized carbons (Fsp3) is 0.200. The molecule has 1 heterocycles. The largest absolute Gasteiger partial charge is 0.142 e. The first-order valence-electron chi connectivity index (χ1n) is 4.10. The highest BCUT2D eigenvalue weighted by atomic mass is 35.5. The second-order valence-corrected chi connectivity index (χ2v) is 5.60. The van der Waals surface area contributed by atoms with Gasteiger partial charge in [0.1, 0.15) is 0 Å². The summed E-state index contributed by atoms with van der Waals surface area (Å²) in [6, 6.07) is 6.45. The van der Waals surface area contributed by atoms with Crippen LogP contribution in [0.2, 0.25) is 0 Å². The molecule has 2 aromatic rings. The maximum Gasteiger partial charge on any atom is 0.0579 e. The molecule has 0 amide bonds. The molecule has 0 saturated heterocycles. The van der Waals surface area contributed by atoms with Gasteiger partial charge in [-0.3, -0.25) is 0 Å². The van der Waals surface area contributed by atoms with Crippen LogP contribution in [-0.4, -0.2) is 6.26 Å². The molecule has 0 aliphatic heterocycles. The van der Waals surface area contributed by atoms with Crippen molar-refractivity contribution < 1.29 is 0 Å². The van der Waals surface area contributed by atoms with Gasteiger partial charge in [-0.1, -0.05) is 0 Å². The van der Waals surface area contributed by atoms with Gasteiger partial charge in [-0.25, -0.2) is 0 Å². The Labute approximate surface area is 102 Å². The lowest BCUT2D eigenvalue weighted by Crippen LogP contribution is -1.71. The molecule has 4 heteroatoms. The van der Waals surface area contributed by atoms with Gasteiger partial charge in [-0.15, -0.1) is 47.3 Å². The molecule has 0 fully saturated rings. The van der Waals surface area contributed by atoms with Crippen LogP contribution in [-0.2, 0) is 5.88 Å². The van der Waals surface area contributed by atoms with Gasteiger partial charge in [0.25, 0.3) is 0 Å². The van der Waals surface area contributed by atoms with Gasteiger partial charge in [0, 0.05) is 24.8 Å². The SMILES string of the molecule is CSc1ccc2sc(CCl)c(S)c2c1. The molecular weight excluding hydrogens is 252 g/mol. The lowest BCUT2D eigenvalue weighted by Gasteiger charge is -1.96. The molecule has 2 rings (SSSR count). The van der Waals surface area contributed by atoms with Crippen LogP contribution < -0.4 is 0 Å². The van der Waals surface area contributed by atoms with Crippen LogP contribution in [0.5, 0.6) is 0 Å². The van der Waals surface area contributed by atoms with Crippen molar-refractivity contribution in [3.8, 4) is 0 Å². The van der Waals surface area contributed by atoms with Crippen molar-refractivity contribution in [1.29, 1.82) is 0 Å². The van der Waals surface area contributed by atoms with Gasteiger partial charge in [-0.2, -0.15) is 0 Å². The van der Waals surface area contributed by atoms with Crippen LogP contribution in [0.15, 0.2) is 28.0 Å².